The predicted molar refractivity (Wildman–Crippen MR) is 119 cm³/mol. The minimum absolute atomic E-state index is 0.0647. The lowest BCUT2D eigenvalue weighted by Crippen LogP contribution is -2.19. The second-order valence-corrected chi connectivity index (χ2v) is 8.39. The van der Waals surface area contributed by atoms with Gasteiger partial charge in [-0.05, 0) is 35.7 Å². The zero-order valence-corrected chi connectivity index (χ0v) is 18.4. The molecule has 0 N–H and O–H groups in total. The summed E-state index contributed by atoms with van der Waals surface area (Å²) < 4.78 is 14.8. The number of halogens is 1. The van der Waals surface area contributed by atoms with Gasteiger partial charge in [-0.3, -0.25) is 18.6 Å². The third-order valence-corrected chi connectivity index (χ3v) is 6.13. The van der Waals surface area contributed by atoms with Crippen molar-refractivity contribution >= 4 is 44.9 Å². The van der Waals surface area contributed by atoms with Crippen LogP contribution in [0.2, 0.25) is 5.02 Å². The Labute approximate surface area is 189 Å². The fourth-order valence-electron chi connectivity index (χ4n) is 3.35. The number of hydrogen-bond acceptors (Lipinski definition) is 8. The van der Waals surface area contributed by atoms with Crippen LogP contribution in [0.15, 0.2) is 51.1 Å². The Morgan fingerprint density at radius 1 is 1.22 bits per heavy atom. The Morgan fingerprint density at radius 2 is 2.03 bits per heavy atom. The molecule has 32 heavy (non-hydrogen) atoms. The van der Waals surface area contributed by atoms with E-state index in [1.54, 1.807) is 29.8 Å². The van der Waals surface area contributed by atoms with Gasteiger partial charge in [-0.2, -0.15) is 0 Å². The van der Waals surface area contributed by atoms with E-state index in [4.69, 9.17) is 20.8 Å². The molecule has 0 saturated carbocycles. The average Bonchev–Trinajstić information content (AvgIpc) is 3.54. The largest absolute Gasteiger partial charge is 0.457 e. The third kappa shape index (κ3) is 3.67. The van der Waals surface area contributed by atoms with E-state index in [-0.39, 0.29) is 18.6 Å². The molecule has 162 valence electrons. The molecule has 0 unspecified atom stereocenters. The van der Waals surface area contributed by atoms with Crippen molar-refractivity contribution in [1.82, 2.24) is 24.1 Å². The monoisotopic (exact) mass is 469 g/mol. The smallest absolute Gasteiger partial charge is 0.306 e. The zero-order chi connectivity index (χ0) is 22.2. The molecule has 0 saturated heterocycles. The fourth-order valence-corrected chi connectivity index (χ4v) is 4.32. The van der Waals surface area contributed by atoms with E-state index in [9.17, 15) is 9.59 Å². The molecule has 0 bridgehead atoms. The molecular formula is C21H16ClN5O4S. The SMILES string of the molecule is Cn1c(=O)c2sccc2n2c(COC(=O)CCc3ncc(-c4ccc(Cl)cc4)o3)nnc12. The van der Waals surface area contributed by atoms with Gasteiger partial charge in [0.15, 0.2) is 24.1 Å². The van der Waals surface area contributed by atoms with Gasteiger partial charge < -0.3 is 9.15 Å². The second-order valence-electron chi connectivity index (χ2n) is 7.04. The summed E-state index contributed by atoms with van der Waals surface area (Å²) in [6.45, 7) is -0.0647. The number of benzene rings is 1. The van der Waals surface area contributed by atoms with Crippen molar-refractivity contribution < 1.29 is 13.9 Å². The van der Waals surface area contributed by atoms with Gasteiger partial charge in [0.25, 0.3) is 5.56 Å². The van der Waals surface area contributed by atoms with E-state index in [2.05, 4.69) is 15.2 Å². The van der Waals surface area contributed by atoms with E-state index in [1.807, 2.05) is 23.6 Å². The standard InChI is InChI=1S/C21H16ClN5O4S/c1-26-20(29)19-14(8-9-32-19)27-16(24-25-21(26)27)11-30-18(28)7-6-17-23-10-15(31-17)12-2-4-13(22)5-3-12/h2-5,8-10H,6-7,11H2,1H3. The van der Waals surface area contributed by atoms with Crippen LogP contribution in [0.4, 0.5) is 0 Å². The highest BCUT2D eigenvalue weighted by molar-refractivity contribution is 7.17. The van der Waals surface area contributed by atoms with Crippen LogP contribution in [-0.4, -0.2) is 30.1 Å². The van der Waals surface area contributed by atoms with Crippen molar-refractivity contribution in [2.45, 2.75) is 19.4 Å². The summed E-state index contributed by atoms with van der Waals surface area (Å²) in [6.07, 6.45) is 2.02. The van der Waals surface area contributed by atoms with Gasteiger partial charge >= 0.3 is 5.97 Å². The Hall–Kier alpha value is -3.50. The van der Waals surface area contributed by atoms with Gasteiger partial charge in [0, 0.05) is 24.1 Å². The van der Waals surface area contributed by atoms with Gasteiger partial charge in [-0.15, -0.1) is 21.5 Å². The maximum atomic E-state index is 12.4. The maximum Gasteiger partial charge on any atom is 0.306 e. The van der Waals surface area contributed by atoms with Crippen molar-refractivity contribution in [2.75, 3.05) is 0 Å². The highest BCUT2D eigenvalue weighted by Gasteiger charge is 2.17. The minimum Gasteiger partial charge on any atom is -0.457 e. The summed E-state index contributed by atoms with van der Waals surface area (Å²) in [4.78, 5) is 28.9. The fraction of sp³-hybridized carbons (Fsp3) is 0.190. The number of thiophene rings is 1. The molecule has 1 aromatic carbocycles. The summed E-state index contributed by atoms with van der Waals surface area (Å²) in [5, 5.41) is 10.6. The van der Waals surface area contributed by atoms with Crippen LogP contribution in [0, 0.1) is 0 Å². The van der Waals surface area contributed by atoms with Crippen LogP contribution in [0.25, 0.3) is 27.3 Å². The van der Waals surface area contributed by atoms with Crippen LogP contribution in [0.5, 0.6) is 0 Å². The number of esters is 1. The van der Waals surface area contributed by atoms with Crippen molar-refractivity contribution in [3.63, 3.8) is 0 Å². The Morgan fingerprint density at radius 3 is 2.84 bits per heavy atom. The third-order valence-electron chi connectivity index (χ3n) is 4.98. The first-order chi connectivity index (χ1) is 15.5. The summed E-state index contributed by atoms with van der Waals surface area (Å²) in [6, 6.07) is 9.04. The molecule has 9 nitrogen and oxygen atoms in total. The van der Waals surface area contributed by atoms with Gasteiger partial charge in [0.05, 0.1) is 18.1 Å². The van der Waals surface area contributed by atoms with Crippen molar-refractivity contribution in [3.05, 3.63) is 69.0 Å². The summed E-state index contributed by atoms with van der Waals surface area (Å²) >= 11 is 7.25. The number of ether oxygens (including phenoxy) is 1. The van der Waals surface area contributed by atoms with Crippen molar-refractivity contribution in [2.24, 2.45) is 7.05 Å². The van der Waals surface area contributed by atoms with E-state index < -0.39 is 5.97 Å². The molecule has 5 rings (SSSR count). The topological polar surface area (TPSA) is 105 Å². The molecule has 0 fully saturated rings. The Bertz CT molecular complexity index is 1500. The lowest BCUT2D eigenvalue weighted by Gasteiger charge is -2.06. The first-order valence-corrected chi connectivity index (χ1v) is 10.9. The molecule has 0 spiro atoms. The lowest BCUT2D eigenvalue weighted by molar-refractivity contribution is -0.145. The molecule has 0 radical (unpaired) electrons. The van der Waals surface area contributed by atoms with Crippen molar-refractivity contribution in [3.8, 4) is 11.3 Å². The van der Waals surface area contributed by atoms with Crippen LogP contribution in [-0.2, 0) is 29.6 Å². The number of rotatable bonds is 6. The number of nitrogens with zero attached hydrogens (tertiary/aromatic N) is 5. The summed E-state index contributed by atoms with van der Waals surface area (Å²) in [5.41, 5.74) is 1.41. The molecule has 11 heteroatoms. The van der Waals surface area contributed by atoms with Gasteiger partial charge in [0.1, 0.15) is 4.70 Å². The van der Waals surface area contributed by atoms with E-state index >= 15 is 0 Å². The Kier molecular flexibility index (Phi) is 5.24. The average molecular weight is 470 g/mol. The first kappa shape index (κ1) is 20.4. The highest BCUT2D eigenvalue weighted by Crippen LogP contribution is 2.23. The first-order valence-electron chi connectivity index (χ1n) is 9.68. The number of aryl methyl sites for hydroxylation is 2. The molecule has 0 aliphatic rings. The number of carbonyl (C=O) groups is 1. The molecule has 5 aromatic rings. The maximum absolute atomic E-state index is 12.4. The van der Waals surface area contributed by atoms with Crippen LogP contribution in [0.3, 0.4) is 0 Å². The number of hydrogen-bond donors (Lipinski definition) is 0. The normalized spacial score (nSPS) is 11.4. The predicted octanol–water partition coefficient (Wildman–Crippen LogP) is 3.63. The zero-order valence-electron chi connectivity index (χ0n) is 16.8. The van der Waals surface area contributed by atoms with Gasteiger partial charge in [-0.1, -0.05) is 11.6 Å². The molecule has 4 aromatic heterocycles. The van der Waals surface area contributed by atoms with E-state index in [0.29, 0.717) is 44.9 Å². The number of carbonyl (C=O) groups excluding carboxylic acids is 1. The number of aromatic nitrogens is 5. The van der Waals surface area contributed by atoms with E-state index in [1.165, 1.54) is 15.9 Å². The molecule has 0 aliphatic carbocycles. The Balaban J connectivity index is 1.25. The highest BCUT2D eigenvalue weighted by atomic mass is 35.5. The molecular weight excluding hydrogens is 454 g/mol. The molecule has 4 heterocycles. The molecule has 0 aliphatic heterocycles. The van der Waals surface area contributed by atoms with Crippen LogP contribution in [0.1, 0.15) is 18.1 Å². The van der Waals surface area contributed by atoms with Crippen LogP contribution < -0.4 is 5.56 Å². The summed E-state index contributed by atoms with van der Waals surface area (Å²) in [5.74, 6) is 1.45. The summed E-state index contributed by atoms with van der Waals surface area (Å²) in [7, 11) is 1.63. The van der Waals surface area contributed by atoms with Crippen LogP contribution >= 0.6 is 22.9 Å². The second kappa shape index (κ2) is 8.21. The van der Waals surface area contributed by atoms with Gasteiger partial charge in [-0.25, -0.2) is 4.98 Å². The number of fused-ring (bicyclic) bond motifs is 3. The lowest BCUT2D eigenvalue weighted by atomic mass is 10.2. The van der Waals surface area contributed by atoms with E-state index in [0.717, 1.165) is 5.56 Å². The minimum atomic E-state index is -0.417. The quantitative estimate of drug-likeness (QED) is 0.350. The number of oxazole rings is 1. The van der Waals surface area contributed by atoms with Gasteiger partial charge in [0.2, 0.25) is 5.78 Å². The molecule has 0 amide bonds. The molecule has 0 atom stereocenters. The van der Waals surface area contributed by atoms with Crippen molar-refractivity contribution in [1.29, 1.82) is 0 Å².